The molecule has 0 aliphatic heterocycles. The lowest BCUT2D eigenvalue weighted by Crippen LogP contribution is -2.34. The van der Waals surface area contributed by atoms with E-state index >= 15 is 0 Å². The van der Waals surface area contributed by atoms with Gasteiger partial charge in [-0.05, 0) is 25.0 Å². The fourth-order valence-corrected chi connectivity index (χ4v) is 1.76. The Balaban J connectivity index is 2.03. The minimum Gasteiger partial charge on any atom is -0.508 e. The molecule has 0 spiro atoms. The molecule has 1 saturated carbocycles. The van der Waals surface area contributed by atoms with Gasteiger partial charge in [0.15, 0.2) is 0 Å². The van der Waals surface area contributed by atoms with E-state index in [0.717, 1.165) is 25.0 Å². The highest BCUT2D eigenvalue weighted by Gasteiger charge is 2.31. The third-order valence-corrected chi connectivity index (χ3v) is 3.10. The molecule has 2 rings (SSSR count). The maximum Gasteiger partial charge on any atom is 0.416 e. The van der Waals surface area contributed by atoms with Crippen LogP contribution in [0.2, 0.25) is 0 Å². The molecule has 0 amide bonds. The van der Waals surface area contributed by atoms with Crippen molar-refractivity contribution < 1.29 is 18.3 Å². The highest BCUT2D eigenvalue weighted by Crippen LogP contribution is 2.32. The monoisotopic (exact) mass is 245 g/mol. The molecule has 0 aromatic heterocycles. The average molecular weight is 245 g/mol. The van der Waals surface area contributed by atoms with E-state index in [-0.39, 0.29) is 5.75 Å². The van der Waals surface area contributed by atoms with E-state index in [0.29, 0.717) is 18.2 Å². The Bertz CT molecular complexity index is 399. The van der Waals surface area contributed by atoms with Crippen LogP contribution in [0.15, 0.2) is 18.2 Å². The number of halogens is 3. The Morgan fingerprint density at radius 2 is 2.00 bits per heavy atom. The maximum atomic E-state index is 12.4. The van der Waals surface area contributed by atoms with Crippen LogP contribution in [0.3, 0.4) is 0 Å². The first kappa shape index (κ1) is 12.2. The molecule has 0 heterocycles. The van der Waals surface area contributed by atoms with Gasteiger partial charge in [-0.3, -0.25) is 0 Å². The van der Waals surface area contributed by atoms with E-state index in [4.69, 9.17) is 0 Å². The molecule has 94 valence electrons. The Morgan fingerprint density at radius 3 is 2.47 bits per heavy atom. The summed E-state index contributed by atoms with van der Waals surface area (Å²) in [7, 11) is 0. The molecule has 1 aliphatic carbocycles. The standard InChI is InChI=1S/C12H14F3NO/c13-12(14,15)9-5-4-8(11(17)6-9)7-16-10-2-1-3-10/h4-6,10,16-17H,1-3,7H2. The second-order valence-corrected chi connectivity index (χ2v) is 4.35. The molecular formula is C12H14F3NO. The predicted molar refractivity (Wildman–Crippen MR) is 57.6 cm³/mol. The van der Waals surface area contributed by atoms with Crippen molar-refractivity contribution in [2.45, 2.75) is 38.0 Å². The molecule has 2 N–H and O–H groups in total. The van der Waals surface area contributed by atoms with E-state index in [1.807, 2.05) is 0 Å². The van der Waals surface area contributed by atoms with Crippen LogP contribution in [0.5, 0.6) is 5.75 Å². The van der Waals surface area contributed by atoms with Gasteiger partial charge in [0.2, 0.25) is 0 Å². The Hall–Kier alpha value is -1.23. The number of phenols is 1. The van der Waals surface area contributed by atoms with E-state index in [2.05, 4.69) is 5.32 Å². The van der Waals surface area contributed by atoms with Crippen LogP contribution < -0.4 is 5.32 Å². The summed E-state index contributed by atoms with van der Waals surface area (Å²) in [5, 5.41) is 12.7. The van der Waals surface area contributed by atoms with Crippen LogP contribution in [0.25, 0.3) is 0 Å². The number of rotatable bonds is 3. The minimum atomic E-state index is -4.41. The fourth-order valence-electron chi connectivity index (χ4n) is 1.76. The van der Waals surface area contributed by atoms with Crippen molar-refractivity contribution in [3.05, 3.63) is 29.3 Å². The van der Waals surface area contributed by atoms with Crippen molar-refractivity contribution in [3.8, 4) is 5.75 Å². The summed E-state index contributed by atoms with van der Waals surface area (Å²) in [5.74, 6) is -0.299. The van der Waals surface area contributed by atoms with Crippen molar-refractivity contribution >= 4 is 0 Å². The number of benzene rings is 1. The average Bonchev–Trinajstić information content (AvgIpc) is 2.16. The summed E-state index contributed by atoms with van der Waals surface area (Å²) in [5.41, 5.74) is -0.313. The van der Waals surface area contributed by atoms with Gasteiger partial charge >= 0.3 is 6.18 Å². The van der Waals surface area contributed by atoms with Crippen LogP contribution in [0.1, 0.15) is 30.4 Å². The van der Waals surface area contributed by atoms with E-state index < -0.39 is 11.7 Å². The number of hydrogen-bond donors (Lipinski definition) is 2. The highest BCUT2D eigenvalue weighted by molar-refractivity contribution is 5.37. The minimum absolute atomic E-state index is 0.299. The Kier molecular flexibility index (Phi) is 3.28. The van der Waals surface area contributed by atoms with Crippen molar-refractivity contribution in [2.75, 3.05) is 0 Å². The van der Waals surface area contributed by atoms with Gasteiger partial charge in [-0.1, -0.05) is 12.5 Å². The summed E-state index contributed by atoms with van der Waals surface area (Å²) in [6, 6.07) is 3.54. The maximum absolute atomic E-state index is 12.4. The Labute approximate surface area is 97.5 Å². The first-order chi connectivity index (χ1) is 7.97. The summed E-state index contributed by atoms with van der Waals surface area (Å²) in [6.07, 6.45) is -1.02. The van der Waals surface area contributed by atoms with Crippen molar-refractivity contribution in [3.63, 3.8) is 0 Å². The smallest absolute Gasteiger partial charge is 0.416 e. The van der Waals surface area contributed by atoms with Crippen molar-refractivity contribution in [1.82, 2.24) is 5.32 Å². The zero-order valence-corrected chi connectivity index (χ0v) is 9.22. The quantitative estimate of drug-likeness (QED) is 0.857. The number of nitrogens with one attached hydrogen (secondary N) is 1. The lowest BCUT2D eigenvalue weighted by Gasteiger charge is -2.26. The molecule has 0 radical (unpaired) electrons. The number of alkyl halides is 3. The van der Waals surface area contributed by atoms with Crippen LogP contribution in [0, 0.1) is 0 Å². The highest BCUT2D eigenvalue weighted by atomic mass is 19.4. The van der Waals surface area contributed by atoms with Gasteiger partial charge < -0.3 is 10.4 Å². The normalized spacial score (nSPS) is 16.9. The SMILES string of the molecule is Oc1cc(C(F)(F)F)ccc1CNC1CCC1. The van der Waals surface area contributed by atoms with Gasteiger partial charge in [-0.15, -0.1) is 0 Å². The largest absolute Gasteiger partial charge is 0.508 e. The predicted octanol–water partition coefficient (Wildman–Crippen LogP) is 3.05. The molecule has 0 bridgehead atoms. The van der Waals surface area contributed by atoms with Crippen LogP contribution in [-0.2, 0) is 12.7 Å². The second kappa shape index (κ2) is 4.56. The molecule has 0 atom stereocenters. The van der Waals surface area contributed by atoms with E-state index in [1.54, 1.807) is 0 Å². The molecule has 17 heavy (non-hydrogen) atoms. The van der Waals surface area contributed by atoms with Gasteiger partial charge in [-0.2, -0.15) is 13.2 Å². The second-order valence-electron chi connectivity index (χ2n) is 4.35. The number of hydrogen-bond acceptors (Lipinski definition) is 2. The molecular weight excluding hydrogens is 231 g/mol. The molecule has 5 heteroatoms. The first-order valence-corrected chi connectivity index (χ1v) is 5.59. The molecule has 1 fully saturated rings. The fraction of sp³-hybridized carbons (Fsp3) is 0.500. The van der Waals surface area contributed by atoms with Crippen molar-refractivity contribution in [2.24, 2.45) is 0 Å². The third-order valence-electron chi connectivity index (χ3n) is 3.10. The number of phenolic OH excluding ortho intramolecular Hbond substituents is 1. The van der Waals surface area contributed by atoms with Gasteiger partial charge in [0, 0.05) is 18.2 Å². The topological polar surface area (TPSA) is 32.3 Å². The molecule has 2 nitrogen and oxygen atoms in total. The molecule has 0 unspecified atom stereocenters. The van der Waals surface area contributed by atoms with Crippen molar-refractivity contribution in [1.29, 1.82) is 0 Å². The summed E-state index contributed by atoms with van der Waals surface area (Å²) >= 11 is 0. The van der Waals surface area contributed by atoms with Gasteiger partial charge in [0.1, 0.15) is 5.75 Å². The van der Waals surface area contributed by atoms with Crippen LogP contribution in [0.4, 0.5) is 13.2 Å². The van der Waals surface area contributed by atoms with E-state index in [9.17, 15) is 18.3 Å². The van der Waals surface area contributed by atoms with E-state index in [1.165, 1.54) is 12.5 Å². The van der Waals surface area contributed by atoms with Gasteiger partial charge in [0.25, 0.3) is 0 Å². The molecule has 1 aromatic carbocycles. The zero-order chi connectivity index (χ0) is 12.5. The first-order valence-electron chi connectivity index (χ1n) is 5.59. The van der Waals surface area contributed by atoms with Gasteiger partial charge in [0.05, 0.1) is 5.56 Å². The Morgan fingerprint density at radius 1 is 1.29 bits per heavy atom. The lowest BCUT2D eigenvalue weighted by molar-refractivity contribution is -0.137. The number of aromatic hydroxyl groups is 1. The summed E-state index contributed by atoms with van der Waals surface area (Å²) in [6.45, 7) is 0.411. The van der Waals surface area contributed by atoms with Gasteiger partial charge in [-0.25, -0.2) is 0 Å². The summed E-state index contributed by atoms with van der Waals surface area (Å²) in [4.78, 5) is 0. The molecule has 1 aromatic rings. The van der Waals surface area contributed by atoms with Crippen LogP contribution >= 0.6 is 0 Å². The molecule has 0 saturated heterocycles. The lowest BCUT2D eigenvalue weighted by atomic mass is 9.93. The van der Waals surface area contributed by atoms with Crippen LogP contribution in [-0.4, -0.2) is 11.1 Å². The molecule has 1 aliphatic rings. The summed E-state index contributed by atoms with van der Waals surface area (Å²) < 4.78 is 37.1. The zero-order valence-electron chi connectivity index (χ0n) is 9.22. The third kappa shape index (κ3) is 2.91.